The van der Waals surface area contributed by atoms with E-state index in [1.54, 1.807) is 0 Å². The Bertz CT molecular complexity index is 106. The molecule has 1 amide bonds. The fraction of sp³-hybridized carbons (Fsp3) is 0.800. The maximum Gasteiger partial charge on any atom is 0.270 e. The first kappa shape index (κ1) is 8.72. The van der Waals surface area contributed by atoms with Crippen molar-refractivity contribution in [2.75, 3.05) is 6.54 Å². The van der Waals surface area contributed by atoms with Crippen LogP contribution in [0.3, 0.4) is 0 Å². The number of carbonyl (C=O) groups is 1. The van der Waals surface area contributed by atoms with Gasteiger partial charge in [-0.25, -0.2) is 0 Å². The van der Waals surface area contributed by atoms with Gasteiger partial charge in [0.1, 0.15) is 0 Å². The summed E-state index contributed by atoms with van der Waals surface area (Å²) in [5.41, 5.74) is 0. The first-order valence-electron chi connectivity index (χ1n) is 2.83. The molecule has 4 heteroatoms. The van der Waals surface area contributed by atoms with Gasteiger partial charge in [0.15, 0.2) is 0 Å². The second-order valence-corrected chi connectivity index (χ2v) is 2.29. The zero-order chi connectivity index (χ0) is 6.15. The molecule has 0 bridgehead atoms. The largest absolute Gasteiger partial charge is 1.00 e. The van der Waals surface area contributed by atoms with Crippen molar-refractivity contribution >= 4 is 5.91 Å². The highest BCUT2D eigenvalue weighted by atomic mass is 35.5. The topological polar surface area (TPSA) is 48.0 Å². The van der Waals surface area contributed by atoms with E-state index in [0.717, 1.165) is 13.0 Å². The minimum Gasteiger partial charge on any atom is -1.00 e. The molecule has 1 unspecified atom stereocenters. The van der Waals surface area contributed by atoms with Crippen molar-refractivity contribution in [1.29, 1.82) is 0 Å². The number of nitrogens with zero attached hydrogens (tertiary/aromatic N) is 1. The summed E-state index contributed by atoms with van der Waals surface area (Å²) in [6.45, 7) is 2.77. The Kier molecular flexibility index (Phi) is 2.94. The fourth-order valence-electron chi connectivity index (χ4n) is 0.895. The maximum atomic E-state index is 10.8. The molecule has 1 atom stereocenters. The van der Waals surface area contributed by atoms with Gasteiger partial charge in [-0.2, -0.15) is 5.01 Å². The molecule has 0 spiro atoms. The third-order valence-electron chi connectivity index (χ3n) is 1.57. The van der Waals surface area contributed by atoms with Crippen LogP contribution in [0.15, 0.2) is 0 Å². The van der Waals surface area contributed by atoms with Gasteiger partial charge in [-0.15, -0.1) is 0 Å². The number of quaternary nitrogens is 1. The van der Waals surface area contributed by atoms with Crippen molar-refractivity contribution in [3.8, 4) is 0 Å². The molecule has 0 aliphatic carbocycles. The Labute approximate surface area is 60.6 Å². The van der Waals surface area contributed by atoms with Gasteiger partial charge in [-0.05, 0) is 6.42 Å². The van der Waals surface area contributed by atoms with E-state index in [9.17, 15) is 4.79 Å². The standard InChI is InChI=1S/C5H10N2O.ClH/c1-4-2-3-7(6)5(4)8;/h4H,2-3,6H2,1H3;1H. The molecule has 1 fully saturated rings. The highest BCUT2D eigenvalue weighted by molar-refractivity contribution is 5.78. The Morgan fingerprint density at radius 3 is 2.44 bits per heavy atom. The van der Waals surface area contributed by atoms with Crippen molar-refractivity contribution in [3.63, 3.8) is 0 Å². The molecule has 0 aromatic rings. The summed E-state index contributed by atoms with van der Waals surface area (Å²) in [6, 6.07) is 0. The number of hydrogen-bond donors (Lipinski definition) is 1. The van der Waals surface area contributed by atoms with Gasteiger partial charge in [0, 0.05) is 5.92 Å². The van der Waals surface area contributed by atoms with Crippen LogP contribution in [0.1, 0.15) is 13.3 Å². The quantitative estimate of drug-likeness (QED) is 0.376. The van der Waals surface area contributed by atoms with Crippen LogP contribution in [0.2, 0.25) is 0 Å². The molecule has 54 valence electrons. The molecule has 1 aliphatic heterocycles. The predicted molar refractivity (Wildman–Crippen MR) is 28.4 cm³/mol. The monoisotopic (exact) mass is 150 g/mol. The summed E-state index contributed by atoms with van der Waals surface area (Å²) >= 11 is 0. The molecule has 0 aromatic heterocycles. The number of carbonyl (C=O) groups excluding carboxylic acids is 1. The minimum absolute atomic E-state index is 0. The summed E-state index contributed by atoms with van der Waals surface area (Å²) in [4.78, 5) is 10.8. The third kappa shape index (κ3) is 1.56. The lowest BCUT2D eigenvalue weighted by molar-refractivity contribution is -0.547. The number of halogens is 1. The first-order chi connectivity index (χ1) is 3.72. The van der Waals surface area contributed by atoms with Gasteiger partial charge < -0.3 is 12.4 Å². The van der Waals surface area contributed by atoms with E-state index in [4.69, 9.17) is 0 Å². The lowest BCUT2D eigenvalue weighted by atomic mass is 10.1. The van der Waals surface area contributed by atoms with Crippen LogP contribution in [0.25, 0.3) is 0 Å². The summed E-state index contributed by atoms with van der Waals surface area (Å²) in [5.74, 6) is 3.95. The molecular weight excluding hydrogens is 140 g/mol. The second kappa shape index (κ2) is 3.03. The zero-order valence-corrected chi connectivity index (χ0v) is 6.19. The first-order valence-corrected chi connectivity index (χ1v) is 2.83. The van der Waals surface area contributed by atoms with Crippen LogP contribution >= 0.6 is 0 Å². The van der Waals surface area contributed by atoms with Gasteiger partial charge in [0.05, 0.1) is 6.54 Å². The van der Waals surface area contributed by atoms with Gasteiger partial charge in [-0.1, -0.05) is 6.92 Å². The van der Waals surface area contributed by atoms with Crippen LogP contribution in [0.4, 0.5) is 0 Å². The summed E-state index contributed by atoms with van der Waals surface area (Å²) in [6.07, 6.45) is 0.975. The smallest absolute Gasteiger partial charge is 0.270 e. The molecule has 1 aliphatic rings. The van der Waals surface area contributed by atoms with Gasteiger partial charge in [0.2, 0.25) is 0 Å². The normalized spacial score (nSPS) is 26.2. The molecule has 0 radical (unpaired) electrons. The highest BCUT2D eigenvalue weighted by Gasteiger charge is 2.27. The van der Waals surface area contributed by atoms with Gasteiger partial charge in [-0.3, -0.25) is 10.6 Å². The van der Waals surface area contributed by atoms with E-state index in [1.165, 1.54) is 5.01 Å². The lowest BCUT2D eigenvalue weighted by Crippen LogP contribution is -3.00. The minimum atomic E-state index is 0. The van der Waals surface area contributed by atoms with Gasteiger partial charge >= 0.3 is 0 Å². The van der Waals surface area contributed by atoms with Crippen molar-refractivity contribution in [2.24, 2.45) is 5.92 Å². The molecular formula is C5H11ClN2O. The second-order valence-electron chi connectivity index (χ2n) is 2.29. The molecule has 1 rings (SSSR count). The van der Waals surface area contributed by atoms with E-state index in [1.807, 2.05) is 6.92 Å². The number of rotatable bonds is 0. The summed E-state index contributed by atoms with van der Waals surface area (Å²) < 4.78 is 0. The average Bonchev–Trinajstić information content (AvgIpc) is 1.98. The average molecular weight is 151 g/mol. The van der Waals surface area contributed by atoms with Crippen molar-refractivity contribution in [2.45, 2.75) is 13.3 Å². The Hall–Kier alpha value is -0.280. The van der Waals surface area contributed by atoms with Gasteiger partial charge in [0.25, 0.3) is 5.91 Å². The van der Waals surface area contributed by atoms with E-state index in [2.05, 4.69) is 5.84 Å². The Morgan fingerprint density at radius 1 is 1.78 bits per heavy atom. The maximum absolute atomic E-state index is 10.8. The third-order valence-corrected chi connectivity index (χ3v) is 1.57. The molecule has 9 heavy (non-hydrogen) atoms. The van der Waals surface area contributed by atoms with Crippen LogP contribution in [-0.2, 0) is 4.79 Å². The lowest BCUT2D eigenvalue weighted by Gasteiger charge is -2.00. The van der Waals surface area contributed by atoms with Crippen molar-refractivity contribution < 1.29 is 23.0 Å². The van der Waals surface area contributed by atoms with Crippen LogP contribution in [0.5, 0.6) is 0 Å². The van der Waals surface area contributed by atoms with E-state index in [-0.39, 0.29) is 24.2 Å². The van der Waals surface area contributed by atoms with Crippen molar-refractivity contribution in [1.82, 2.24) is 5.01 Å². The van der Waals surface area contributed by atoms with E-state index in [0.29, 0.717) is 0 Å². The van der Waals surface area contributed by atoms with Crippen LogP contribution in [-0.4, -0.2) is 17.5 Å². The zero-order valence-electron chi connectivity index (χ0n) is 5.43. The SMILES string of the molecule is CC1CCN([NH3+])C1=O.[Cl-]. The molecule has 1 heterocycles. The molecule has 3 N–H and O–H groups in total. The molecule has 3 nitrogen and oxygen atoms in total. The van der Waals surface area contributed by atoms with E-state index >= 15 is 0 Å². The molecule has 1 saturated heterocycles. The number of amides is 1. The van der Waals surface area contributed by atoms with Crippen molar-refractivity contribution in [3.05, 3.63) is 0 Å². The summed E-state index contributed by atoms with van der Waals surface area (Å²) in [5, 5.41) is 1.53. The Balaban J connectivity index is 0.000000640. The predicted octanol–water partition coefficient (Wildman–Crippen LogP) is -3.98. The van der Waals surface area contributed by atoms with Crippen LogP contribution < -0.4 is 18.2 Å². The number of hydrogen-bond acceptors (Lipinski definition) is 1. The Morgan fingerprint density at radius 2 is 2.33 bits per heavy atom. The fourth-order valence-corrected chi connectivity index (χ4v) is 0.895. The summed E-state index contributed by atoms with van der Waals surface area (Å²) in [7, 11) is 0. The highest BCUT2D eigenvalue weighted by Crippen LogP contribution is 2.11. The van der Waals surface area contributed by atoms with Crippen LogP contribution in [0, 0.1) is 5.92 Å². The molecule has 0 aromatic carbocycles. The van der Waals surface area contributed by atoms with E-state index < -0.39 is 0 Å². The molecule has 0 saturated carbocycles.